The highest BCUT2D eigenvalue weighted by Gasteiger charge is 2.41. The summed E-state index contributed by atoms with van der Waals surface area (Å²) in [5.74, 6) is -0.153. The zero-order valence-electron chi connectivity index (χ0n) is 19.2. The first kappa shape index (κ1) is 23.9. The molecule has 6 nitrogen and oxygen atoms in total. The summed E-state index contributed by atoms with van der Waals surface area (Å²) in [5.41, 5.74) is 3.02. The minimum absolute atomic E-state index is 0.118. The van der Waals surface area contributed by atoms with Gasteiger partial charge in [0.1, 0.15) is 23.5 Å². The summed E-state index contributed by atoms with van der Waals surface area (Å²) in [7, 11) is 0. The maximum Gasteiger partial charge on any atom is 0.259 e. The highest BCUT2D eigenvalue weighted by Crippen LogP contribution is 2.35. The SMILES string of the molecule is O=C(CC[C@H]1N=C2c3ccccc3N=C(SCc3cccc(F)c3)N2C1=O)NCc1ccc(F)cc1. The molecule has 0 fully saturated rings. The fourth-order valence-electron chi connectivity index (χ4n) is 4.02. The lowest BCUT2D eigenvalue weighted by atomic mass is 10.1. The van der Waals surface area contributed by atoms with Crippen LogP contribution in [0.4, 0.5) is 14.5 Å². The molecule has 2 aliphatic heterocycles. The lowest BCUT2D eigenvalue weighted by molar-refractivity contribution is -0.125. The molecule has 182 valence electrons. The predicted molar refractivity (Wildman–Crippen MR) is 136 cm³/mol. The molecule has 0 bridgehead atoms. The lowest BCUT2D eigenvalue weighted by Crippen LogP contribution is -2.41. The van der Waals surface area contributed by atoms with Crippen LogP contribution in [0.15, 0.2) is 82.8 Å². The van der Waals surface area contributed by atoms with Crippen molar-refractivity contribution < 1.29 is 18.4 Å². The average molecular weight is 505 g/mol. The van der Waals surface area contributed by atoms with E-state index in [-0.39, 0.29) is 42.8 Å². The molecule has 0 aromatic heterocycles. The van der Waals surface area contributed by atoms with Crippen LogP contribution in [0.2, 0.25) is 0 Å². The van der Waals surface area contributed by atoms with Gasteiger partial charge in [-0.15, -0.1) is 0 Å². The minimum Gasteiger partial charge on any atom is -0.352 e. The number of benzene rings is 3. The summed E-state index contributed by atoms with van der Waals surface area (Å²) in [5, 5.41) is 3.27. The predicted octanol–water partition coefficient (Wildman–Crippen LogP) is 4.95. The van der Waals surface area contributed by atoms with Gasteiger partial charge in [-0.1, -0.05) is 48.2 Å². The number of hydrogen-bond donors (Lipinski definition) is 1. The van der Waals surface area contributed by atoms with E-state index < -0.39 is 6.04 Å². The second-order valence-corrected chi connectivity index (χ2v) is 9.36. The number of amidine groups is 2. The fourth-order valence-corrected chi connectivity index (χ4v) is 4.96. The van der Waals surface area contributed by atoms with Gasteiger partial charge in [-0.05, 0) is 53.9 Å². The highest BCUT2D eigenvalue weighted by atomic mass is 32.2. The molecule has 36 heavy (non-hydrogen) atoms. The number of fused-ring (bicyclic) bond motifs is 3. The monoisotopic (exact) mass is 504 g/mol. The molecule has 3 aromatic rings. The van der Waals surface area contributed by atoms with Crippen LogP contribution in [-0.4, -0.2) is 33.8 Å². The van der Waals surface area contributed by atoms with E-state index in [0.717, 1.165) is 16.7 Å². The van der Waals surface area contributed by atoms with E-state index in [4.69, 9.17) is 0 Å². The van der Waals surface area contributed by atoms with E-state index in [0.29, 0.717) is 22.4 Å². The van der Waals surface area contributed by atoms with Gasteiger partial charge in [-0.3, -0.25) is 14.6 Å². The summed E-state index contributed by atoms with van der Waals surface area (Å²) < 4.78 is 26.7. The van der Waals surface area contributed by atoms with Crippen molar-refractivity contribution in [3.8, 4) is 0 Å². The van der Waals surface area contributed by atoms with Gasteiger partial charge in [0.05, 0.1) is 5.69 Å². The molecule has 2 amide bonds. The molecule has 1 N–H and O–H groups in total. The molecule has 0 radical (unpaired) electrons. The van der Waals surface area contributed by atoms with Crippen LogP contribution >= 0.6 is 11.8 Å². The third-order valence-electron chi connectivity index (χ3n) is 5.85. The molecule has 5 rings (SSSR count). The molecule has 0 saturated carbocycles. The van der Waals surface area contributed by atoms with E-state index in [1.807, 2.05) is 30.3 Å². The van der Waals surface area contributed by atoms with Gasteiger partial charge in [0.25, 0.3) is 5.91 Å². The first-order chi connectivity index (χ1) is 17.5. The normalized spacial score (nSPS) is 16.2. The first-order valence-corrected chi connectivity index (χ1v) is 12.4. The maximum atomic E-state index is 13.6. The standard InChI is InChI=1S/C27H22F2N4O2S/c28-19-10-8-17(9-11-19)15-30-24(34)13-12-23-26(35)33-25(31-23)21-6-1-2-7-22(21)32-27(33)36-16-18-4-3-5-20(29)14-18/h1-11,14,23H,12-13,15-16H2,(H,30,34)/t23-/m1/s1. The van der Waals surface area contributed by atoms with Crippen LogP contribution in [0.25, 0.3) is 0 Å². The Morgan fingerprint density at radius 1 is 0.972 bits per heavy atom. The third kappa shape index (κ3) is 5.21. The molecular weight excluding hydrogens is 482 g/mol. The number of aliphatic imine (C=N–C) groups is 2. The zero-order valence-corrected chi connectivity index (χ0v) is 20.0. The molecule has 2 aliphatic rings. The second kappa shape index (κ2) is 10.4. The van der Waals surface area contributed by atoms with Crippen LogP contribution < -0.4 is 5.32 Å². The van der Waals surface area contributed by atoms with Gasteiger partial charge in [0.15, 0.2) is 5.17 Å². The van der Waals surface area contributed by atoms with Crippen molar-refractivity contribution >= 4 is 40.3 Å². The largest absolute Gasteiger partial charge is 0.352 e. The van der Waals surface area contributed by atoms with Crippen molar-refractivity contribution in [3.05, 3.63) is 101 Å². The Kier molecular flexibility index (Phi) is 6.90. The zero-order chi connectivity index (χ0) is 25.1. The molecular formula is C27H22F2N4O2S. The van der Waals surface area contributed by atoms with Gasteiger partial charge in [0.2, 0.25) is 5.91 Å². The minimum atomic E-state index is -0.706. The molecule has 3 aromatic carbocycles. The van der Waals surface area contributed by atoms with E-state index in [2.05, 4.69) is 15.3 Å². The average Bonchev–Trinajstić information content (AvgIpc) is 3.22. The third-order valence-corrected chi connectivity index (χ3v) is 6.86. The number of halogens is 2. The lowest BCUT2D eigenvalue weighted by Gasteiger charge is -2.25. The number of thioether (sulfide) groups is 1. The summed E-state index contributed by atoms with van der Waals surface area (Å²) >= 11 is 1.34. The van der Waals surface area contributed by atoms with Crippen LogP contribution in [-0.2, 0) is 21.9 Å². The Labute approximate surface area is 211 Å². The number of para-hydroxylation sites is 1. The van der Waals surface area contributed by atoms with E-state index in [1.165, 1.54) is 40.9 Å². The van der Waals surface area contributed by atoms with Crippen molar-refractivity contribution in [2.24, 2.45) is 9.98 Å². The van der Waals surface area contributed by atoms with Crippen molar-refractivity contribution in [1.29, 1.82) is 0 Å². The summed E-state index contributed by atoms with van der Waals surface area (Å²) in [4.78, 5) is 36.6. The number of nitrogens with one attached hydrogen (secondary N) is 1. The summed E-state index contributed by atoms with van der Waals surface area (Å²) in [6.07, 6.45) is 0.366. The Hall–Kier alpha value is -3.85. The van der Waals surface area contributed by atoms with Gasteiger partial charge in [-0.2, -0.15) is 0 Å². The van der Waals surface area contributed by atoms with Crippen molar-refractivity contribution in [3.63, 3.8) is 0 Å². The van der Waals surface area contributed by atoms with Gasteiger partial charge >= 0.3 is 0 Å². The Morgan fingerprint density at radius 2 is 1.78 bits per heavy atom. The van der Waals surface area contributed by atoms with Gasteiger partial charge < -0.3 is 5.32 Å². The van der Waals surface area contributed by atoms with Gasteiger partial charge in [-0.25, -0.2) is 18.7 Å². The van der Waals surface area contributed by atoms with E-state index in [1.54, 1.807) is 18.2 Å². The van der Waals surface area contributed by atoms with E-state index in [9.17, 15) is 18.4 Å². The van der Waals surface area contributed by atoms with Crippen LogP contribution in [0.3, 0.4) is 0 Å². The molecule has 0 spiro atoms. The molecule has 0 unspecified atom stereocenters. The van der Waals surface area contributed by atoms with E-state index >= 15 is 0 Å². The molecule has 1 atom stereocenters. The van der Waals surface area contributed by atoms with Crippen LogP contribution in [0.5, 0.6) is 0 Å². The highest BCUT2D eigenvalue weighted by molar-refractivity contribution is 8.13. The van der Waals surface area contributed by atoms with Crippen molar-refractivity contribution in [2.45, 2.75) is 31.2 Å². The molecule has 0 aliphatic carbocycles. The molecule has 0 saturated heterocycles. The summed E-state index contributed by atoms with van der Waals surface area (Å²) in [6.45, 7) is 0.277. The van der Waals surface area contributed by atoms with Crippen LogP contribution in [0.1, 0.15) is 29.5 Å². The number of hydrogen-bond acceptors (Lipinski definition) is 5. The van der Waals surface area contributed by atoms with Crippen molar-refractivity contribution in [2.75, 3.05) is 0 Å². The number of carbonyl (C=O) groups excluding carboxylic acids is 2. The number of carbonyl (C=O) groups is 2. The topological polar surface area (TPSA) is 74.1 Å². The smallest absolute Gasteiger partial charge is 0.259 e. The fraction of sp³-hybridized carbons (Fsp3) is 0.185. The maximum absolute atomic E-state index is 13.6. The number of nitrogens with zero attached hydrogens (tertiary/aromatic N) is 3. The van der Waals surface area contributed by atoms with Crippen molar-refractivity contribution in [1.82, 2.24) is 10.2 Å². The first-order valence-electron chi connectivity index (χ1n) is 11.5. The quantitative estimate of drug-likeness (QED) is 0.495. The second-order valence-electron chi connectivity index (χ2n) is 8.41. The molecule has 9 heteroatoms. The Bertz CT molecular complexity index is 1370. The van der Waals surface area contributed by atoms with Crippen LogP contribution in [0, 0.1) is 11.6 Å². The Balaban J connectivity index is 1.27. The number of amides is 2. The molecule has 2 heterocycles. The Morgan fingerprint density at radius 3 is 2.58 bits per heavy atom. The number of rotatable bonds is 7. The summed E-state index contributed by atoms with van der Waals surface area (Å²) in [6, 6.07) is 19.0. The van der Waals surface area contributed by atoms with Gasteiger partial charge in [0, 0.05) is 24.3 Å².